The van der Waals surface area contributed by atoms with Crippen LogP contribution in [-0.2, 0) is 4.74 Å². The van der Waals surface area contributed by atoms with Crippen LogP contribution in [0.4, 0.5) is 0 Å². The number of hydrogen-bond donors (Lipinski definition) is 0. The lowest BCUT2D eigenvalue weighted by molar-refractivity contribution is -0.0529. The Labute approximate surface area is 364 Å². The highest BCUT2D eigenvalue weighted by Crippen LogP contribution is 2.67. The smallest absolute Gasteiger partial charge is 0.0506 e. The van der Waals surface area contributed by atoms with E-state index in [9.17, 15) is 0 Å². The molecule has 6 unspecified atom stereocenters. The number of hydrogen-bond acceptors (Lipinski definition) is 2. The molecule has 0 N–H and O–H groups in total. The molecule has 4 aliphatic carbocycles. The second kappa shape index (κ2) is 27.3. The molecule has 0 amide bonds. The van der Waals surface area contributed by atoms with Crippen molar-refractivity contribution < 1.29 is 4.74 Å². The van der Waals surface area contributed by atoms with Gasteiger partial charge in [0.1, 0.15) is 0 Å². The molecule has 0 saturated heterocycles. The van der Waals surface area contributed by atoms with Gasteiger partial charge in [0.25, 0.3) is 0 Å². The SMILES string of the molecule is CCCCC/C=C\C/C=C\CCCCCCCCOCC(CCCCCC[C@H]1CC[C@@]2(C)C(=CCC3C4CCC(C(C)CCCC(C)C)[C@@]4(C)CCC32)C1)CN(C)C. The van der Waals surface area contributed by atoms with E-state index in [1.165, 1.54) is 186 Å². The number of ether oxygens (including phenoxy) is 1. The molecule has 4 aliphatic rings. The average molecular weight is 804 g/mol. The number of fused-ring (bicyclic) bond motifs is 5. The zero-order valence-electron chi connectivity index (χ0n) is 40.5. The highest BCUT2D eigenvalue weighted by Gasteiger charge is 2.59. The van der Waals surface area contributed by atoms with E-state index in [4.69, 9.17) is 4.74 Å². The van der Waals surface area contributed by atoms with E-state index in [1.54, 1.807) is 0 Å². The monoisotopic (exact) mass is 804 g/mol. The summed E-state index contributed by atoms with van der Waals surface area (Å²) in [6, 6.07) is 0. The summed E-state index contributed by atoms with van der Waals surface area (Å²) in [4.78, 5) is 2.38. The van der Waals surface area contributed by atoms with Crippen LogP contribution in [0.25, 0.3) is 0 Å². The highest BCUT2D eigenvalue weighted by atomic mass is 16.5. The average Bonchev–Trinajstić information content (AvgIpc) is 3.55. The van der Waals surface area contributed by atoms with Gasteiger partial charge in [-0.25, -0.2) is 0 Å². The quantitative estimate of drug-likeness (QED) is 0.0511. The van der Waals surface area contributed by atoms with Gasteiger partial charge in [-0.1, -0.05) is 167 Å². The van der Waals surface area contributed by atoms with Crippen molar-refractivity contribution in [2.24, 2.45) is 58.2 Å². The van der Waals surface area contributed by atoms with Gasteiger partial charge in [0.2, 0.25) is 0 Å². The first-order valence-electron chi connectivity index (χ1n) is 26.3. The zero-order chi connectivity index (χ0) is 41.6. The van der Waals surface area contributed by atoms with Gasteiger partial charge in [-0.15, -0.1) is 0 Å². The van der Waals surface area contributed by atoms with Crippen molar-refractivity contribution >= 4 is 0 Å². The minimum atomic E-state index is 0.508. The Morgan fingerprint density at radius 3 is 2.17 bits per heavy atom. The second-order valence-electron chi connectivity index (χ2n) is 22.2. The van der Waals surface area contributed by atoms with Crippen LogP contribution in [0.5, 0.6) is 0 Å². The third-order valence-corrected chi connectivity index (χ3v) is 16.8. The largest absolute Gasteiger partial charge is 0.381 e. The third-order valence-electron chi connectivity index (χ3n) is 16.8. The summed E-state index contributed by atoms with van der Waals surface area (Å²) in [5.41, 5.74) is 3.03. The molecule has 58 heavy (non-hydrogen) atoms. The highest BCUT2D eigenvalue weighted by molar-refractivity contribution is 5.25. The Balaban J connectivity index is 1.04. The Hall–Kier alpha value is -0.860. The fraction of sp³-hybridized carbons (Fsp3) is 0.893. The lowest BCUT2D eigenvalue weighted by atomic mass is 9.46. The first kappa shape index (κ1) is 49.8. The lowest BCUT2D eigenvalue weighted by Crippen LogP contribution is -2.50. The maximum atomic E-state index is 6.27. The van der Waals surface area contributed by atoms with E-state index in [1.807, 2.05) is 5.57 Å². The fourth-order valence-corrected chi connectivity index (χ4v) is 13.4. The summed E-state index contributed by atoms with van der Waals surface area (Å²) in [6.45, 7) is 18.3. The molecule has 3 fully saturated rings. The van der Waals surface area contributed by atoms with Gasteiger partial charge < -0.3 is 9.64 Å². The normalized spacial score (nSPS) is 29.6. The van der Waals surface area contributed by atoms with Crippen LogP contribution in [0, 0.1) is 58.2 Å². The van der Waals surface area contributed by atoms with E-state index < -0.39 is 0 Å². The molecular weight excluding hydrogens is 703 g/mol. The molecule has 9 atom stereocenters. The van der Waals surface area contributed by atoms with Gasteiger partial charge in [0.15, 0.2) is 0 Å². The molecule has 2 nitrogen and oxygen atoms in total. The van der Waals surface area contributed by atoms with Crippen molar-refractivity contribution in [1.29, 1.82) is 0 Å². The van der Waals surface area contributed by atoms with Crippen LogP contribution in [0.1, 0.15) is 228 Å². The molecule has 0 bridgehead atoms. The van der Waals surface area contributed by atoms with Crippen LogP contribution in [0.2, 0.25) is 0 Å². The van der Waals surface area contributed by atoms with Crippen molar-refractivity contribution in [3.63, 3.8) is 0 Å². The number of unbranched alkanes of at least 4 members (excludes halogenated alkanes) is 12. The van der Waals surface area contributed by atoms with Crippen molar-refractivity contribution in [1.82, 2.24) is 4.90 Å². The molecular formula is C56H101NO. The molecule has 4 rings (SSSR count). The summed E-state index contributed by atoms with van der Waals surface area (Å²) in [5.74, 6) is 7.30. The summed E-state index contributed by atoms with van der Waals surface area (Å²) in [5, 5.41) is 0. The Bertz CT molecular complexity index is 1170. The molecule has 0 aromatic heterocycles. The Kier molecular flexibility index (Phi) is 23.4. The summed E-state index contributed by atoms with van der Waals surface area (Å²) in [7, 11) is 4.47. The first-order valence-corrected chi connectivity index (χ1v) is 26.3. The number of rotatable bonds is 31. The molecule has 0 aliphatic heterocycles. The van der Waals surface area contributed by atoms with Gasteiger partial charge in [-0.3, -0.25) is 0 Å². The molecule has 2 heteroatoms. The lowest BCUT2D eigenvalue weighted by Gasteiger charge is -2.58. The minimum absolute atomic E-state index is 0.508. The summed E-state index contributed by atoms with van der Waals surface area (Å²) in [6.07, 6.45) is 52.6. The molecule has 0 aromatic carbocycles. The van der Waals surface area contributed by atoms with E-state index in [0.29, 0.717) is 16.7 Å². The molecule has 0 heterocycles. The van der Waals surface area contributed by atoms with E-state index in [-0.39, 0.29) is 0 Å². The Morgan fingerprint density at radius 1 is 0.724 bits per heavy atom. The van der Waals surface area contributed by atoms with Crippen LogP contribution in [0.15, 0.2) is 36.0 Å². The standard InChI is InChI=1S/C56H101NO/c1-9-10-11-12-13-14-15-16-17-18-19-20-21-22-25-28-42-58-45-49(44-57(7)8)33-27-24-23-26-32-48-38-40-55(5)50(43-48)34-35-51-53-37-36-52(47(4)31-29-30-46(2)3)56(53,6)41-39-54(51)55/h13-14,16-17,34,46-49,51-54H,9-12,15,18-33,35-45H2,1-8H3/b14-13-,17-16-/t47?,48-,49?,51?,52?,53?,54?,55-,56+/m0/s1. The maximum absolute atomic E-state index is 6.27. The fourth-order valence-electron chi connectivity index (χ4n) is 13.4. The van der Waals surface area contributed by atoms with Gasteiger partial charge >= 0.3 is 0 Å². The number of allylic oxidation sites excluding steroid dienone is 6. The summed E-state index contributed by atoms with van der Waals surface area (Å²) >= 11 is 0. The van der Waals surface area contributed by atoms with Crippen molar-refractivity contribution in [2.75, 3.05) is 33.9 Å². The molecule has 0 spiro atoms. The Morgan fingerprint density at radius 2 is 1.43 bits per heavy atom. The minimum Gasteiger partial charge on any atom is -0.381 e. The van der Waals surface area contributed by atoms with Crippen molar-refractivity contribution in [3.8, 4) is 0 Å². The predicted molar refractivity (Wildman–Crippen MR) is 256 cm³/mol. The van der Waals surface area contributed by atoms with Crippen LogP contribution in [-0.4, -0.2) is 38.8 Å². The van der Waals surface area contributed by atoms with Crippen LogP contribution < -0.4 is 0 Å². The molecule has 336 valence electrons. The van der Waals surface area contributed by atoms with Gasteiger partial charge in [0.05, 0.1) is 6.61 Å². The third kappa shape index (κ3) is 16.1. The van der Waals surface area contributed by atoms with Crippen LogP contribution in [0.3, 0.4) is 0 Å². The topological polar surface area (TPSA) is 12.5 Å². The second-order valence-corrected chi connectivity index (χ2v) is 22.2. The predicted octanol–water partition coefficient (Wildman–Crippen LogP) is 17.0. The maximum Gasteiger partial charge on any atom is 0.0506 e. The zero-order valence-corrected chi connectivity index (χ0v) is 40.5. The van der Waals surface area contributed by atoms with E-state index in [0.717, 1.165) is 61.1 Å². The van der Waals surface area contributed by atoms with Gasteiger partial charge in [-0.2, -0.15) is 0 Å². The van der Waals surface area contributed by atoms with Crippen molar-refractivity contribution in [3.05, 3.63) is 36.0 Å². The summed E-state index contributed by atoms with van der Waals surface area (Å²) < 4.78 is 6.27. The van der Waals surface area contributed by atoms with E-state index in [2.05, 4.69) is 90.9 Å². The van der Waals surface area contributed by atoms with Gasteiger partial charge in [-0.05, 0) is 169 Å². The van der Waals surface area contributed by atoms with Crippen molar-refractivity contribution in [2.45, 2.75) is 228 Å². The van der Waals surface area contributed by atoms with Gasteiger partial charge in [0, 0.05) is 13.2 Å². The first-order chi connectivity index (χ1) is 28.1. The number of nitrogens with zero attached hydrogens (tertiary/aromatic N) is 1. The molecule has 3 saturated carbocycles. The molecule has 0 radical (unpaired) electrons. The molecule has 0 aromatic rings. The van der Waals surface area contributed by atoms with E-state index >= 15 is 0 Å². The van der Waals surface area contributed by atoms with Crippen LogP contribution >= 0.6 is 0 Å².